The number of carbonyl (C=O) groups excluding carboxylic acids is 2. The third-order valence-corrected chi connectivity index (χ3v) is 5.11. The van der Waals surface area contributed by atoms with Gasteiger partial charge in [0.25, 0.3) is 11.8 Å². The molecule has 2 aromatic carbocycles. The van der Waals surface area contributed by atoms with E-state index >= 15 is 0 Å². The molecule has 0 saturated heterocycles. The average molecular weight is 452 g/mol. The largest absolute Gasteiger partial charge is 0.497 e. The molecule has 3 aromatic rings. The molecule has 0 saturated carbocycles. The van der Waals surface area contributed by atoms with Crippen molar-refractivity contribution in [2.45, 2.75) is 39.8 Å². The van der Waals surface area contributed by atoms with E-state index in [4.69, 9.17) is 9.47 Å². The second-order valence-electron chi connectivity index (χ2n) is 7.45. The smallest absolute Gasteiger partial charge is 0.274 e. The van der Waals surface area contributed by atoms with E-state index in [0.29, 0.717) is 29.2 Å². The number of hydrogen-bond donors (Lipinski definition) is 2. The van der Waals surface area contributed by atoms with Crippen LogP contribution >= 0.6 is 0 Å². The lowest BCUT2D eigenvalue weighted by Crippen LogP contribution is -2.33. The third kappa shape index (κ3) is 5.88. The lowest BCUT2D eigenvalue weighted by Gasteiger charge is -2.13. The van der Waals surface area contributed by atoms with Crippen LogP contribution in [0.4, 0.5) is 0 Å². The quantitative estimate of drug-likeness (QED) is 0.490. The highest BCUT2D eigenvalue weighted by Crippen LogP contribution is 2.20. The van der Waals surface area contributed by atoms with Gasteiger partial charge < -0.3 is 20.1 Å². The molecule has 0 spiro atoms. The topological polar surface area (TPSA) is 107 Å². The summed E-state index contributed by atoms with van der Waals surface area (Å²) in [5.74, 6) is 0.862. The summed E-state index contributed by atoms with van der Waals surface area (Å²) < 4.78 is 12.7. The predicted octanol–water partition coefficient (Wildman–Crippen LogP) is 3.13. The molecule has 33 heavy (non-hydrogen) atoms. The maximum atomic E-state index is 12.8. The highest BCUT2D eigenvalue weighted by Gasteiger charge is 2.22. The van der Waals surface area contributed by atoms with Crippen molar-refractivity contribution in [3.8, 4) is 17.2 Å². The number of hydrogen-bond acceptors (Lipinski definition) is 6. The van der Waals surface area contributed by atoms with E-state index in [-0.39, 0.29) is 30.2 Å². The molecule has 1 atom stereocenters. The average Bonchev–Trinajstić information content (AvgIpc) is 3.27. The fourth-order valence-corrected chi connectivity index (χ4v) is 3.05. The molecule has 3 rings (SSSR count). The van der Waals surface area contributed by atoms with Crippen molar-refractivity contribution < 1.29 is 19.1 Å². The molecular weight excluding hydrogens is 422 g/mol. The molecule has 0 bridgehead atoms. The van der Waals surface area contributed by atoms with Crippen molar-refractivity contribution in [1.82, 2.24) is 25.6 Å². The summed E-state index contributed by atoms with van der Waals surface area (Å²) >= 11 is 0. The van der Waals surface area contributed by atoms with E-state index in [1.165, 1.54) is 0 Å². The number of ether oxygens (including phenoxy) is 2. The van der Waals surface area contributed by atoms with Crippen molar-refractivity contribution in [1.29, 1.82) is 0 Å². The van der Waals surface area contributed by atoms with Gasteiger partial charge in [0.05, 0.1) is 12.8 Å². The van der Waals surface area contributed by atoms with E-state index in [0.717, 1.165) is 12.2 Å². The summed E-state index contributed by atoms with van der Waals surface area (Å²) in [6.45, 7) is 6.40. The Kier molecular flexibility index (Phi) is 8.01. The second-order valence-corrected chi connectivity index (χ2v) is 7.45. The van der Waals surface area contributed by atoms with Gasteiger partial charge in [0.2, 0.25) is 0 Å². The van der Waals surface area contributed by atoms with E-state index in [1.54, 1.807) is 60.3 Å². The number of carbonyl (C=O) groups is 2. The summed E-state index contributed by atoms with van der Waals surface area (Å²) in [4.78, 5) is 24.9. The first-order valence-corrected chi connectivity index (χ1v) is 10.9. The van der Waals surface area contributed by atoms with Crippen LogP contribution in [-0.4, -0.2) is 46.5 Å². The van der Waals surface area contributed by atoms with Gasteiger partial charge in [-0.05, 0) is 68.8 Å². The minimum absolute atomic E-state index is 0.00521. The fourth-order valence-electron chi connectivity index (χ4n) is 3.05. The van der Waals surface area contributed by atoms with Gasteiger partial charge in [0.15, 0.2) is 5.69 Å². The molecule has 9 heteroatoms. The Hall–Kier alpha value is -3.88. The Morgan fingerprint density at radius 3 is 2.27 bits per heavy atom. The number of nitrogens with one attached hydrogen (secondary N) is 2. The number of nitrogens with zero attached hydrogens (tertiary/aromatic N) is 3. The maximum Gasteiger partial charge on any atom is 0.274 e. The first-order valence-electron chi connectivity index (χ1n) is 10.9. The fraction of sp³-hybridized carbons (Fsp3) is 0.333. The zero-order valence-electron chi connectivity index (χ0n) is 19.3. The van der Waals surface area contributed by atoms with Gasteiger partial charge in [-0.25, -0.2) is 4.68 Å². The highest BCUT2D eigenvalue weighted by molar-refractivity contribution is 5.94. The van der Waals surface area contributed by atoms with Crippen molar-refractivity contribution in [2.24, 2.45) is 0 Å². The molecular formula is C24H29N5O4. The van der Waals surface area contributed by atoms with Gasteiger partial charge >= 0.3 is 0 Å². The molecule has 1 aromatic heterocycles. The normalized spacial score (nSPS) is 11.5. The van der Waals surface area contributed by atoms with Crippen LogP contribution in [0.2, 0.25) is 0 Å². The summed E-state index contributed by atoms with van der Waals surface area (Å²) in [5, 5.41) is 14.0. The molecule has 2 N–H and O–H groups in total. The molecule has 0 radical (unpaired) electrons. The van der Waals surface area contributed by atoms with Gasteiger partial charge in [-0.3, -0.25) is 9.59 Å². The van der Waals surface area contributed by atoms with Crippen LogP contribution in [0.1, 0.15) is 53.7 Å². The van der Waals surface area contributed by atoms with E-state index < -0.39 is 0 Å². The first kappa shape index (κ1) is 23.8. The van der Waals surface area contributed by atoms with Crippen molar-refractivity contribution in [3.63, 3.8) is 0 Å². The van der Waals surface area contributed by atoms with E-state index in [9.17, 15) is 9.59 Å². The number of benzene rings is 2. The van der Waals surface area contributed by atoms with Crippen LogP contribution in [0, 0.1) is 0 Å². The molecule has 174 valence electrons. The standard InChI is InChI=1S/C24H29N5O4/c1-5-16(3)26-24(31)22-21(15-33-20-13-11-19(32-4)12-14-20)29(28-27-22)18-9-7-17(8-10-18)23(30)25-6-2/h7-14,16H,5-6,15H2,1-4H3,(H,25,30)(H,26,31). The summed E-state index contributed by atoms with van der Waals surface area (Å²) in [6, 6.07) is 14.1. The Balaban J connectivity index is 1.90. The first-order chi connectivity index (χ1) is 16.0. The van der Waals surface area contributed by atoms with Crippen LogP contribution in [0.3, 0.4) is 0 Å². The zero-order chi connectivity index (χ0) is 23.8. The molecule has 0 fully saturated rings. The van der Waals surface area contributed by atoms with E-state index in [1.807, 2.05) is 20.8 Å². The van der Waals surface area contributed by atoms with E-state index in [2.05, 4.69) is 20.9 Å². The van der Waals surface area contributed by atoms with Crippen LogP contribution in [0.5, 0.6) is 11.5 Å². The van der Waals surface area contributed by atoms with Crippen molar-refractivity contribution in [2.75, 3.05) is 13.7 Å². The second kappa shape index (κ2) is 11.1. The van der Waals surface area contributed by atoms with Crippen LogP contribution in [0.15, 0.2) is 48.5 Å². The van der Waals surface area contributed by atoms with Gasteiger partial charge in [-0.2, -0.15) is 0 Å². The van der Waals surface area contributed by atoms with Crippen LogP contribution in [0.25, 0.3) is 5.69 Å². The summed E-state index contributed by atoms with van der Waals surface area (Å²) in [6.07, 6.45) is 0.791. The predicted molar refractivity (Wildman–Crippen MR) is 124 cm³/mol. The molecule has 9 nitrogen and oxygen atoms in total. The molecule has 1 unspecified atom stereocenters. The lowest BCUT2D eigenvalue weighted by molar-refractivity contribution is 0.0929. The molecule has 0 aliphatic carbocycles. The monoisotopic (exact) mass is 451 g/mol. The minimum Gasteiger partial charge on any atom is -0.497 e. The van der Waals surface area contributed by atoms with Gasteiger partial charge in [0.1, 0.15) is 23.8 Å². The Bertz CT molecular complexity index is 1080. The van der Waals surface area contributed by atoms with Crippen molar-refractivity contribution in [3.05, 3.63) is 65.5 Å². The minimum atomic E-state index is -0.317. The zero-order valence-corrected chi connectivity index (χ0v) is 19.3. The lowest BCUT2D eigenvalue weighted by atomic mass is 10.2. The molecule has 0 aliphatic heterocycles. The SMILES string of the molecule is CCNC(=O)c1ccc(-n2nnc(C(=O)NC(C)CC)c2COc2ccc(OC)cc2)cc1. The Morgan fingerprint density at radius 1 is 1.00 bits per heavy atom. The van der Waals surface area contributed by atoms with Gasteiger partial charge in [-0.1, -0.05) is 12.1 Å². The van der Waals surface area contributed by atoms with Gasteiger partial charge in [-0.15, -0.1) is 5.10 Å². The number of aromatic nitrogens is 3. The van der Waals surface area contributed by atoms with Crippen molar-refractivity contribution >= 4 is 11.8 Å². The summed E-state index contributed by atoms with van der Waals surface area (Å²) in [7, 11) is 1.60. The Labute approximate surface area is 193 Å². The Morgan fingerprint density at radius 2 is 1.67 bits per heavy atom. The van der Waals surface area contributed by atoms with Crippen LogP contribution < -0.4 is 20.1 Å². The van der Waals surface area contributed by atoms with Gasteiger partial charge in [0, 0.05) is 18.2 Å². The number of amides is 2. The summed E-state index contributed by atoms with van der Waals surface area (Å²) in [5.41, 5.74) is 1.88. The molecule has 1 heterocycles. The third-order valence-electron chi connectivity index (χ3n) is 5.11. The molecule has 0 aliphatic rings. The maximum absolute atomic E-state index is 12.8. The highest BCUT2D eigenvalue weighted by atomic mass is 16.5. The molecule has 2 amide bonds. The number of methoxy groups -OCH3 is 1. The number of rotatable bonds is 10. The van der Waals surface area contributed by atoms with Crippen LogP contribution in [-0.2, 0) is 6.61 Å².